The van der Waals surface area contributed by atoms with Crippen molar-refractivity contribution in [3.05, 3.63) is 28.8 Å². The van der Waals surface area contributed by atoms with E-state index in [-0.39, 0.29) is 5.91 Å². The minimum Gasteiger partial charge on any atom is -0.326 e. The molecule has 1 atom stereocenters. The molecule has 1 fully saturated rings. The largest absolute Gasteiger partial charge is 0.326 e. The maximum absolute atomic E-state index is 12.0. The van der Waals surface area contributed by atoms with E-state index >= 15 is 0 Å². The summed E-state index contributed by atoms with van der Waals surface area (Å²) in [4.78, 5) is 12.0. The first-order valence-corrected chi connectivity index (χ1v) is 7.17. The van der Waals surface area contributed by atoms with Crippen molar-refractivity contribution in [2.75, 3.05) is 11.9 Å². The van der Waals surface area contributed by atoms with Gasteiger partial charge in [-0.05, 0) is 57.7 Å². The smallest absolute Gasteiger partial charge is 0.224 e. The Morgan fingerprint density at radius 3 is 2.58 bits per heavy atom. The molecule has 0 spiro atoms. The second kappa shape index (κ2) is 6.20. The Hall–Kier alpha value is -1.35. The first kappa shape index (κ1) is 14.1. The lowest BCUT2D eigenvalue weighted by atomic mass is 10.0. The van der Waals surface area contributed by atoms with Crippen LogP contribution in [0.4, 0.5) is 5.69 Å². The second-order valence-corrected chi connectivity index (χ2v) is 5.65. The number of hydrogen-bond donors (Lipinski definition) is 2. The fourth-order valence-electron chi connectivity index (χ4n) is 2.89. The second-order valence-electron chi connectivity index (χ2n) is 5.65. The maximum Gasteiger partial charge on any atom is 0.224 e. The molecule has 1 saturated heterocycles. The van der Waals surface area contributed by atoms with Crippen LogP contribution >= 0.6 is 0 Å². The van der Waals surface area contributed by atoms with Gasteiger partial charge in [0.2, 0.25) is 5.91 Å². The van der Waals surface area contributed by atoms with E-state index in [1.807, 2.05) is 13.8 Å². The number of carbonyl (C=O) groups is 1. The molecule has 0 saturated carbocycles. The van der Waals surface area contributed by atoms with Crippen LogP contribution in [0.3, 0.4) is 0 Å². The zero-order valence-electron chi connectivity index (χ0n) is 12.2. The fraction of sp³-hybridized carbons (Fsp3) is 0.562. The van der Waals surface area contributed by atoms with Crippen LogP contribution in [0.1, 0.15) is 42.4 Å². The molecule has 1 heterocycles. The Bertz CT molecular complexity index is 439. The molecule has 1 aromatic rings. The van der Waals surface area contributed by atoms with Gasteiger partial charge in [-0.25, -0.2) is 0 Å². The third-order valence-corrected chi connectivity index (χ3v) is 3.82. The average molecular weight is 260 g/mol. The Kier molecular flexibility index (Phi) is 4.59. The van der Waals surface area contributed by atoms with Crippen LogP contribution in [0, 0.1) is 20.8 Å². The number of rotatable bonds is 4. The molecule has 1 aliphatic heterocycles. The van der Waals surface area contributed by atoms with Gasteiger partial charge in [-0.1, -0.05) is 17.7 Å². The molecule has 2 rings (SSSR count). The van der Waals surface area contributed by atoms with Crippen molar-refractivity contribution in [2.24, 2.45) is 0 Å². The molecule has 0 bridgehead atoms. The lowest BCUT2D eigenvalue weighted by Gasteiger charge is -2.14. The van der Waals surface area contributed by atoms with E-state index in [1.54, 1.807) is 0 Å². The molecule has 0 radical (unpaired) electrons. The highest BCUT2D eigenvalue weighted by Crippen LogP contribution is 2.22. The lowest BCUT2D eigenvalue weighted by Crippen LogP contribution is -2.23. The quantitative estimate of drug-likeness (QED) is 0.873. The minimum absolute atomic E-state index is 0.128. The first-order valence-electron chi connectivity index (χ1n) is 7.17. The number of aryl methyl sites for hydroxylation is 3. The fourth-order valence-corrected chi connectivity index (χ4v) is 2.89. The SMILES string of the molecule is Cc1cc(C)c(NC(=O)CCC2CCCN2)c(C)c1. The van der Waals surface area contributed by atoms with Gasteiger partial charge in [0.05, 0.1) is 0 Å². The molecule has 2 N–H and O–H groups in total. The molecular weight excluding hydrogens is 236 g/mol. The Balaban J connectivity index is 1.91. The summed E-state index contributed by atoms with van der Waals surface area (Å²) < 4.78 is 0. The third kappa shape index (κ3) is 3.80. The van der Waals surface area contributed by atoms with Crippen LogP contribution < -0.4 is 10.6 Å². The standard InChI is InChI=1S/C16H24N2O/c1-11-9-12(2)16(13(3)10-11)18-15(19)7-6-14-5-4-8-17-14/h9-10,14,17H,4-8H2,1-3H3,(H,18,19). The van der Waals surface area contributed by atoms with E-state index in [2.05, 4.69) is 29.7 Å². The molecule has 0 aromatic heterocycles. The number of carbonyl (C=O) groups excluding carboxylic acids is 1. The molecule has 3 nitrogen and oxygen atoms in total. The van der Waals surface area contributed by atoms with Crippen LogP contribution in [0.2, 0.25) is 0 Å². The molecule has 1 unspecified atom stereocenters. The van der Waals surface area contributed by atoms with Crippen molar-refractivity contribution in [3.63, 3.8) is 0 Å². The van der Waals surface area contributed by atoms with Gasteiger partial charge in [-0.2, -0.15) is 0 Å². The predicted molar refractivity (Wildman–Crippen MR) is 79.5 cm³/mol. The number of hydrogen-bond acceptors (Lipinski definition) is 2. The number of amides is 1. The van der Waals surface area contributed by atoms with Crippen molar-refractivity contribution in [1.82, 2.24) is 5.32 Å². The topological polar surface area (TPSA) is 41.1 Å². The first-order chi connectivity index (χ1) is 9.06. The van der Waals surface area contributed by atoms with Gasteiger partial charge in [0.1, 0.15) is 0 Å². The third-order valence-electron chi connectivity index (χ3n) is 3.82. The zero-order chi connectivity index (χ0) is 13.8. The van der Waals surface area contributed by atoms with E-state index in [4.69, 9.17) is 0 Å². The average Bonchev–Trinajstić information content (AvgIpc) is 2.84. The van der Waals surface area contributed by atoms with Crippen LogP contribution in [0.5, 0.6) is 0 Å². The summed E-state index contributed by atoms with van der Waals surface area (Å²) in [6.45, 7) is 7.28. The van der Waals surface area contributed by atoms with Gasteiger partial charge in [0.15, 0.2) is 0 Å². The molecule has 1 aromatic carbocycles. The van der Waals surface area contributed by atoms with Crippen molar-refractivity contribution in [1.29, 1.82) is 0 Å². The highest BCUT2D eigenvalue weighted by Gasteiger charge is 2.16. The summed E-state index contributed by atoms with van der Waals surface area (Å²) in [6.07, 6.45) is 3.98. The van der Waals surface area contributed by atoms with E-state index in [0.29, 0.717) is 12.5 Å². The van der Waals surface area contributed by atoms with Gasteiger partial charge < -0.3 is 10.6 Å². The van der Waals surface area contributed by atoms with E-state index in [1.165, 1.54) is 18.4 Å². The summed E-state index contributed by atoms with van der Waals surface area (Å²) >= 11 is 0. The summed E-state index contributed by atoms with van der Waals surface area (Å²) in [5.74, 6) is 0.128. The lowest BCUT2D eigenvalue weighted by molar-refractivity contribution is -0.116. The van der Waals surface area contributed by atoms with Crippen molar-refractivity contribution in [2.45, 2.75) is 52.5 Å². The number of benzene rings is 1. The van der Waals surface area contributed by atoms with Crippen molar-refractivity contribution >= 4 is 11.6 Å². The van der Waals surface area contributed by atoms with E-state index in [0.717, 1.165) is 29.8 Å². The van der Waals surface area contributed by atoms with Crippen LogP contribution in [-0.2, 0) is 4.79 Å². The summed E-state index contributed by atoms with van der Waals surface area (Å²) in [5, 5.41) is 6.49. The Morgan fingerprint density at radius 2 is 2.00 bits per heavy atom. The minimum atomic E-state index is 0.128. The van der Waals surface area contributed by atoms with E-state index < -0.39 is 0 Å². The van der Waals surface area contributed by atoms with Crippen LogP contribution in [-0.4, -0.2) is 18.5 Å². The summed E-state index contributed by atoms with van der Waals surface area (Å²) in [6, 6.07) is 4.76. The van der Waals surface area contributed by atoms with Crippen molar-refractivity contribution in [3.8, 4) is 0 Å². The zero-order valence-corrected chi connectivity index (χ0v) is 12.2. The molecule has 1 amide bonds. The van der Waals surface area contributed by atoms with Gasteiger partial charge >= 0.3 is 0 Å². The van der Waals surface area contributed by atoms with Crippen LogP contribution in [0.15, 0.2) is 12.1 Å². The summed E-state index contributed by atoms with van der Waals surface area (Å²) in [5.41, 5.74) is 4.51. The summed E-state index contributed by atoms with van der Waals surface area (Å²) in [7, 11) is 0. The molecule has 0 aliphatic carbocycles. The Labute approximate surface area is 115 Å². The van der Waals surface area contributed by atoms with Gasteiger partial charge in [0.25, 0.3) is 0 Å². The Morgan fingerprint density at radius 1 is 1.32 bits per heavy atom. The maximum atomic E-state index is 12.0. The molecule has 3 heteroatoms. The van der Waals surface area contributed by atoms with Gasteiger partial charge in [-0.15, -0.1) is 0 Å². The van der Waals surface area contributed by atoms with Gasteiger partial charge in [0, 0.05) is 18.2 Å². The molecule has 19 heavy (non-hydrogen) atoms. The molecule has 104 valence electrons. The number of nitrogens with one attached hydrogen (secondary N) is 2. The highest BCUT2D eigenvalue weighted by molar-refractivity contribution is 5.92. The van der Waals surface area contributed by atoms with Crippen LogP contribution in [0.25, 0.3) is 0 Å². The highest BCUT2D eigenvalue weighted by atomic mass is 16.1. The normalized spacial score (nSPS) is 18.6. The monoisotopic (exact) mass is 260 g/mol. The van der Waals surface area contributed by atoms with Gasteiger partial charge in [-0.3, -0.25) is 4.79 Å². The predicted octanol–water partition coefficient (Wildman–Crippen LogP) is 3.08. The van der Waals surface area contributed by atoms with Crippen molar-refractivity contribution < 1.29 is 4.79 Å². The number of anilines is 1. The molecule has 1 aliphatic rings. The molecular formula is C16H24N2O. The van der Waals surface area contributed by atoms with E-state index in [9.17, 15) is 4.79 Å².